The molecule has 0 aliphatic carbocycles. The van der Waals surface area contributed by atoms with Crippen LogP contribution in [0.4, 0.5) is 5.69 Å². The molecule has 0 saturated heterocycles. The van der Waals surface area contributed by atoms with E-state index in [1.54, 1.807) is 30.3 Å². The number of hydrogen-bond acceptors (Lipinski definition) is 7. The summed E-state index contributed by atoms with van der Waals surface area (Å²) in [7, 11) is 4.55. The molecular formula is C19H21NO7. The molecule has 0 aliphatic rings. The quantitative estimate of drug-likeness (QED) is 0.377. The minimum Gasteiger partial charge on any atom is -0.493 e. The Hall–Kier alpha value is -3.29. The molecule has 0 radical (unpaired) electrons. The Labute approximate surface area is 156 Å². The van der Waals surface area contributed by atoms with E-state index in [0.717, 1.165) is 5.56 Å². The molecule has 0 bridgehead atoms. The summed E-state index contributed by atoms with van der Waals surface area (Å²) in [5.74, 6) is 1.02. The van der Waals surface area contributed by atoms with Crippen LogP contribution in [0.1, 0.15) is 17.5 Å². The molecule has 0 N–H and O–H groups in total. The lowest BCUT2D eigenvalue weighted by atomic mass is 10.1. The maximum Gasteiger partial charge on any atom is 0.306 e. The first-order chi connectivity index (χ1) is 13.0. The highest BCUT2D eigenvalue weighted by Gasteiger charge is 2.16. The monoisotopic (exact) mass is 375 g/mol. The molecule has 0 atom stereocenters. The average molecular weight is 375 g/mol. The molecule has 0 amide bonds. The van der Waals surface area contributed by atoms with E-state index in [9.17, 15) is 14.9 Å². The molecular weight excluding hydrogens is 354 g/mol. The third-order valence-electron chi connectivity index (χ3n) is 3.92. The van der Waals surface area contributed by atoms with Crippen LogP contribution in [0.5, 0.6) is 17.2 Å². The molecule has 144 valence electrons. The van der Waals surface area contributed by atoms with Gasteiger partial charge in [0, 0.05) is 12.5 Å². The van der Waals surface area contributed by atoms with Crippen molar-refractivity contribution in [3.05, 3.63) is 57.6 Å². The van der Waals surface area contributed by atoms with E-state index in [0.29, 0.717) is 29.2 Å². The maximum atomic E-state index is 12.0. The summed E-state index contributed by atoms with van der Waals surface area (Å²) < 4.78 is 21.0. The van der Waals surface area contributed by atoms with Gasteiger partial charge in [-0.25, -0.2) is 0 Å². The molecule has 2 aromatic carbocycles. The van der Waals surface area contributed by atoms with E-state index in [4.69, 9.17) is 18.9 Å². The summed E-state index contributed by atoms with van der Waals surface area (Å²) in [5, 5.41) is 11.0. The van der Waals surface area contributed by atoms with Crippen LogP contribution < -0.4 is 14.2 Å². The van der Waals surface area contributed by atoms with Crippen LogP contribution in [-0.2, 0) is 22.6 Å². The van der Waals surface area contributed by atoms with Crippen LogP contribution >= 0.6 is 0 Å². The second kappa shape index (κ2) is 9.42. The number of carbonyl (C=O) groups excluding carboxylic acids is 1. The zero-order valence-corrected chi connectivity index (χ0v) is 15.4. The number of hydrogen-bond donors (Lipinski definition) is 0. The average Bonchev–Trinajstić information content (AvgIpc) is 2.69. The highest BCUT2D eigenvalue weighted by atomic mass is 16.6. The summed E-state index contributed by atoms with van der Waals surface area (Å²) >= 11 is 0. The van der Waals surface area contributed by atoms with Gasteiger partial charge in [-0.2, -0.15) is 0 Å². The lowest BCUT2D eigenvalue weighted by Crippen LogP contribution is -2.07. The third-order valence-corrected chi connectivity index (χ3v) is 3.92. The highest BCUT2D eigenvalue weighted by molar-refractivity contribution is 5.70. The zero-order valence-electron chi connectivity index (χ0n) is 15.4. The van der Waals surface area contributed by atoms with Crippen molar-refractivity contribution >= 4 is 11.7 Å². The SMILES string of the molecule is COc1cc(CCC(=O)OCc2ccccc2[N+](=O)[O-])cc(OC)c1OC. The van der Waals surface area contributed by atoms with Crippen molar-refractivity contribution in [2.75, 3.05) is 21.3 Å². The van der Waals surface area contributed by atoms with E-state index in [-0.39, 0.29) is 18.7 Å². The van der Waals surface area contributed by atoms with Gasteiger partial charge in [0.1, 0.15) is 6.61 Å². The predicted octanol–water partition coefficient (Wildman–Crippen LogP) is 3.30. The van der Waals surface area contributed by atoms with Gasteiger partial charge < -0.3 is 18.9 Å². The molecule has 0 aromatic heterocycles. The smallest absolute Gasteiger partial charge is 0.306 e. The number of esters is 1. The lowest BCUT2D eigenvalue weighted by molar-refractivity contribution is -0.385. The Balaban J connectivity index is 1.99. The van der Waals surface area contributed by atoms with Crippen molar-refractivity contribution in [2.24, 2.45) is 0 Å². The number of nitro groups is 1. The summed E-state index contributed by atoms with van der Waals surface area (Å²) in [6.45, 7) is -0.148. The standard InChI is InChI=1S/C19H21NO7/c1-24-16-10-13(11-17(25-2)19(16)26-3)8-9-18(21)27-12-14-6-4-5-7-15(14)20(22)23/h4-7,10-11H,8-9,12H2,1-3H3. The molecule has 0 spiro atoms. The van der Waals surface area contributed by atoms with Crippen molar-refractivity contribution in [3.63, 3.8) is 0 Å². The first-order valence-corrected chi connectivity index (χ1v) is 8.17. The number of carbonyl (C=O) groups is 1. The molecule has 0 heterocycles. The van der Waals surface area contributed by atoms with E-state index < -0.39 is 10.9 Å². The molecule has 0 unspecified atom stereocenters. The molecule has 0 aliphatic heterocycles. The maximum absolute atomic E-state index is 12.0. The Morgan fingerprint density at radius 2 is 1.67 bits per heavy atom. The molecule has 8 nitrogen and oxygen atoms in total. The van der Waals surface area contributed by atoms with Gasteiger partial charge >= 0.3 is 5.97 Å². The fourth-order valence-corrected chi connectivity index (χ4v) is 2.57. The van der Waals surface area contributed by atoms with Crippen molar-refractivity contribution in [3.8, 4) is 17.2 Å². The number of nitrogens with zero attached hydrogens (tertiary/aromatic N) is 1. The highest BCUT2D eigenvalue weighted by Crippen LogP contribution is 2.38. The van der Waals surface area contributed by atoms with Crippen molar-refractivity contribution in [1.29, 1.82) is 0 Å². The Morgan fingerprint density at radius 3 is 2.22 bits per heavy atom. The number of aryl methyl sites for hydroxylation is 1. The van der Waals surface area contributed by atoms with Gasteiger partial charge in [0.15, 0.2) is 11.5 Å². The van der Waals surface area contributed by atoms with Crippen molar-refractivity contribution in [1.82, 2.24) is 0 Å². The van der Waals surface area contributed by atoms with Crippen LogP contribution in [0.3, 0.4) is 0 Å². The van der Waals surface area contributed by atoms with Gasteiger partial charge in [0.25, 0.3) is 5.69 Å². The summed E-state index contributed by atoms with van der Waals surface area (Å²) in [4.78, 5) is 22.5. The summed E-state index contributed by atoms with van der Waals surface area (Å²) in [6, 6.07) is 9.68. The zero-order chi connectivity index (χ0) is 19.8. The topological polar surface area (TPSA) is 97.1 Å². The fourth-order valence-electron chi connectivity index (χ4n) is 2.57. The van der Waals surface area contributed by atoms with Crippen molar-refractivity contribution < 1.29 is 28.7 Å². The van der Waals surface area contributed by atoms with Gasteiger partial charge in [0.2, 0.25) is 5.75 Å². The molecule has 0 fully saturated rings. The van der Waals surface area contributed by atoms with Crippen LogP contribution in [0.15, 0.2) is 36.4 Å². The first kappa shape index (κ1) is 20.0. The predicted molar refractivity (Wildman–Crippen MR) is 97.3 cm³/mol. The minimum absolute atomic E-state index is 0.0741. The Bertz CT molecular complexity index is 794. The molecule has 27 heavy (non-hydrogen) atoms. The van der Waals surface area contributed by atoms with Gasteiger partial charge in [-0.15, -0.1) is 0 Å². The second-order valence-electron chi connectivity index (χ2n) is 5.58. The van der Waals surface area contributed by atoms with Crippen LogP contribution in [-0.4, -0.2) is 32.2 Å². The Kier molecular flexibility index (Phi) is 6.99. The van der Waals surface area contributed by atoms with Gasteiger partial charge in [0.05, 0.1) is 31.8 Å². The second-order valence-corrected chi connectivity index (χ2v) is 5.58. The number of nitro benzene ring substituents is 1. The van der Waals surface area contributed by atoms with Gasteiger partial charge in [-0.1, -0.05) is 12.1 Å². The summed E-state index contributed by atoms with van der Waals surface area (Å²) in [6.07, 6.45) is 0.506. The first-order valence-electron chi connectivity index (χ1n) is 8.17. The largest absolute Gasteiger partial charge is 0.493 e. The normalized spacial score (nSPS) is 10.2. The van der Waals surface area contributed by atoms with E-state index >= 15 is 0 Å². The van der Waals surface area contributed by atoms with Gasteiger partial charge in [-0.3, -0.25) is 14.9 Å². The molecule has 2 aromatic rings. The summed E-state index contributed by atoms with van der Waals surface area (Å²) in [5.41, 5.74) is 1.09. The number of para-hydroxylation sites is 1. The van der Waals surface area contributed by atoms with E-state index in [1.165, 1.54) is 27.4 Å². The van der Waals surface area contributed by atoms with Crippen LogP contribution in [0, 0.1) is 10.1 Å². The van der Waals surface area contributed by atoms with Gasteiger partial charge in [-0.05, 0) is 30.2 Å². The van der Waals surface area contributed by atoms with E-state index in [2.05, 4.69) is 0 Å². The van der Waals surface area contributed by atoms with E-state index in [1.807, 2.05) is 0 Å². The number of benzene rings is 2. The minimum atomic E-state index is -0.501. The molecule has 2 rings (SSSR count). The lowest BCUT2D eigenvalue weighted by Gasteiger charge is -2.14. The van der Waals surface area contributed by atoms with Crippen LogP contribution in [0.2, 0.25) is 0 Å². The molecule has 0 saturated carbocycles. The Morgan fingerprint density at radius 1 is 1.04 bits per heavy atom. The fraction of sp³-hybridized carbons (Fsp3) is 0.316. The third kappa shape index (κ3) is 5.10. The molecule has 8 heteroatoms. The van der Waals surface area contributed by atoms with Crippen LogP contribution in [0.25, 0.3) is 0 Å². The number of methoxy groups -OCH3 is 3. The number of rotatable bonds is 9. The number of ether oxygens (including phenoxy) is 4. The van der Waals surface area contributed by atoms with Crippen molar-refractivity contribution in [2.45, 2.75) is 19.4 Å².